The van der Waals surface area contributed by atoms with E-state index in [-0.39, 0.29) is 6.54 Å². The fraction of sp³-hybridized carbons (Fsp3) is 0.500. The zero-order chi connectivity index (χ0) is 10.7. The van der Waals surface area contributed by atoms with Crippen LogP contribution in [-0.4, -0.2) is 34.1 Å². The number of carbonyl (C=O) groups excluding carboxylic acids is 1. The quantitative estimate of drug-likeness (QED) is 0.629. The molecule has 1 atom stereocenters. The van der Waals surface area contributed by atoms with Crippen molar-refractivity contribution in [2.24, 2.45) is 0 Å². The van der Waals surface area contributed by atoms with Crippen molar-refractivity contribution in [1.29, 1.82) is 0 Å². The predicted octanol–water partition coefficient (Wildman–Crippen LogP) is -0.692. The molecule has 0 spiro atoms. The van der Waals surface area contributed by atoms with Crippen molar-refractivity contribution < 1.29 is 14.6 Å². The van der Waals surface area contributed by atoms with E-state index in [1.807, 2.05) is 0 Å². The molecule has 1 aromatic heterocycles. The third-order valence-electron chi connectivity index (χ3n) is 1.82. The van der Waals surface area contributed by atoms with Gasteiger partial charge in [-0.1, -0.05) is 0 Å². The number of aliphatic hydroxyl groups is 1. The molecule has 0 aliphatic carbocycles. The summed E-state index contributed by atoms with van der Waals surface area (Å²) in [4.78, 5) is 10.9. The van der Waals surface area contributed by atoms with Crippen LogP contribution in [0.2, 0.25) is 0 Å². The van der Waals surface area contributed by atoms with Gasteiger partial charge in [0.15, 0.2) is 6.10 Å². The lowest BCUT2D eigenvalue weighted by Crippen LogP contribution is -2.27. The van der Waals surface area contributed by atoms with Gasteiger partial charge in [-0.2, -0.15) is 5.10 Å². The summed E-state index contributed by atoms with van der Waals surface area (Å²) in [6.07, 6.45) is 0.348. The molecule has 1 rings (SSSR count). The number of esters is 1. The Morgan fingerprint density at radius 1 is 1.86 bits per heavy atom. The van der Waals surface area contributed by atoms with Crippen molar-refractivity contribution in [3.8, 4) is 0 Å². The number of aliphatic hydroxyl groups excluding tert-OH is 1. The molecule has 0 fully saturated rings. The molecule has 1 heterocycles. The minimum absolute atomic E-state index is 0.0463. The molecule has 0 bridgehead atoms. The Bertz CT molecular complexity index is 315. The van der Waals surface area contributed by atoms with Gasteiger partial charge in [0.1, 0.15) is 0 Å². The van der Waals surface area contributed by atoms with Crippen LogP contribution in [0.4, 0.5) is 5.69 Å². The fourth-order valence-corrected chi connectivity index (χ4v) is 1.01. The van der Waals surface area contributed by atoms with Gasteiger partial charge in [-0.05, 0) is 6.92 Å². The van der Waals surface area contributed by atoms with Crippen molar-refractivity contribution >= 4 is 11.7 Å². The molecule has 6 nitrogen and oxygen atoms in total. The first-order chi connectivity index (χ1) is 6.54. The third-order valence-corrected chi connectivity index (χ3v) is 1.82. The summed E-state index contributed by atoms with van der Waals surface area (Å²) in [5.41, 5.74) is 6.74. The largest absolute Gasteiger partial charge is 0.467 e. The number of nitrogen functional groups attached to an aromatic ring is 1. The van der Waals surface area contributed by atoms with Gasteiger partial charge in [0.2, 0.25) is 0 Å². The Morgan fingerprint density at radius 3 is 2.93 bits per heavy atom. The Labute approximate surface area is 81.3 Å². The summed E-state index contributed by atoms with van der Waals surface area (Å²) < 4.78 is 5.77. The molecular formula is C8H13N3O3. The van der Waals surface area contributed by atoms with E-state index in [1.54, 1.807) is 13.1 Å². The second-order valence-corrected chi connectivity index (χ2v) is 2.93. The summed E-state index contributed by atoms with van der Waals surface area (Å²) in [6.45, 7) is 1.79. The summed E-state index contributed by atoms with van der Waals surface area (Å²) in [7, 11) is 1.22. The lowest BCUT2D eigenvalue weighted by atomic mass is 10.3. The first-order valence-electron chi connectivity index (χ1n) is 4.10. The van der Waals surface area contributed by atoms with Crippen LogP contribution < -0.4 is 5.73 Å². The Morgan fingerprint density at radius 2 is 2.50 bits per heavy atom. The molecular weight excluding hydrogens is 186 g/mol. The van der Waals surface area contributed by atoms with E-state index in [0.717, 1.165) is 0 Å². The van der Waals surface area contributed by atoms with E-state index in [1.165, 1.54) is 11.8 Å². The molecule has 6 heteroatoms. The van der Waals surface area contributed by atoms with Crippen LogP contribution in [0, 0.1) is 6.92 Å². The van der Waals surface area contributed by atoms with Gasteiger partial charge in [-0.15, -0.1) is 0 Å². The van der Waals surface area contributed by atoms with E-state index >= 15 is 0 Å². The molecule has 0 aromatic carbocycles. The van der Waals surface area contributed by atoms with Gasteiger partial charge in [-0.25, -0.2) is 4.79 Å². The van der Waals surface area contributed by atoms with Gasteiger partial charge in [0.05, 0.1) is 25.0 Å². The van der Waals surface area contributed by atoms with Crippen LogP contribution in [0.3, 0.4) is 0 Å². The molecule has 3 N–H and O–H groups in total. The van der Waals surface area contributed by atoms with Crippen LogP contribution in [-0.2, 0) is 16.1 Å². The van der Waals surface area contributed by atoms with E-state index in [9.17, 15) is 9.90 Å². The van der Waals surface area contributed by atoms with E-state index in [2.05, 4.69) is 9.84 Å². The molecule has 78 valence electrons. The van der Waals surface area contributed by atoms with Crippen LogP contribution >= 0.6 is 0 Å². The van der Waals surface area contributed by atoms with Gasteiger partial charge in [0.25, 0.3) is 0 Å². The summed E-state index contributed by atoms with van der Waals surface area (Å²) in [5.74, 6) is -0.684. The Balaban J connectivity index is 2.64. The van der Waals surface area contributed by atoms with E-state index in [4.69, 9.17) is 5.73 Å². The number of hydrogen-bond acceptors (Lipinski definition) is 5. The smallest absolute Gasteiger partial charge is 0.336 e. The molecule has 0 saturated carbocycles. The van der Waals surface area contributed by atoms with Crippen molar-refractivity contribution in [2.45, 2.75) is 19.6 Å². The number of rotatable bonds is 3. The van der Waals surface area contributed by atoms with Crippen molar-refractivity contribution in [1.82, 2.24) is 9.78 Å². The zero-order valence-corrected chi connectivity index (χ0v) is 8.10. The highest BCUT2D eigenvalue weighted by Crippen LogP contribution is 2.07. The number of anilines is 1. The molecule has 0 amide bonds. The number of ether oxygens (including phenoxy) is 1. The summed E-state index contributed by atoms with van der Waals surface area (Å²) in [5, 5.41) is 13.3. The molecule has 0 aliphatic rings. The Kier molecular flexibility index (Phi) is 3.08. The number of hydrogen-bond donors (Lipinski definition) is 2. The van der Waals surface area contributed by atoms with Crippen LogP contribution in [0.15, 0.2) is 6.20 Å². The average molecular weight is 199 g/mol. The first kappa shape index (κ1) is 10.5. The van der Waals surface area contributed by atoms with Crippen molar-refractivity contribution in [3.63, 3.8) is 0 Å². The normalized spacial score (nSPS) is 12.5. The van der Waals surface area contributed by atoms with Crippen molar-refractivity contribution in [3.05, 3.63) is 11.9 Å². The van der Waals surface area contributed by atoms with Crippen molar-refractivity contribution in [2.75, 3.05) is 12.8 Å². The monoisotopic (exact) mass is 199 g/mol. The molecule has 14 heavy (non-hydrogen) atoms. The highest BCUT2D eigenvalue weighted by Gasteiger charge is 2.16. The number of nitrogens with two attached hydrogens (primary N) is 1. The summed E-state index contributed by atoms with van der Waals surface area (Å²) in [6, 6.07) is 0. The number of methoxy groups -OCH3 is 1. The standard InChI is InChI=1S/C8H13N3O3/c1-5-6(9)3-11(10-5)4-7(12)8(13)14-2/h3,7,12H,4,9H2,1-2H3. The number of aromatic nitrogens is 2. The average Bonchev–Trinajstić information content (AvgIpc) is 2.44. The highest BCUT2D eigenvalue weighted by atomic mass is 16.5. The fourth-order valence-electron chi connectivity index (χ4n) is 1.01. The summed E-state index contributed by atoms with van der Waals surface area (Å²) >= 11 is 0. The van der Waals surface area contributed by atoms with E-state index < -0.39 is 12.1 Å². The number of carbonyl (C=O) groups is 1. The van der Waals surface area contributed by atoms with Gasteiger partial charge in [0, 0.05) is 6.20 Å². The number of aryl methyl sites for hydroxylation is 1. The number of nitrogens with zero attached hydrogens (tertiary/aromatic N) is 2. The predicted molar refractivity (Wildman–Crippen MR) is 49.4 cm³/mol. The van der Waals surface area contributed by atoms with Crippen LogP contribution in [0.5, 0.6) is 0 Å². The van der Waals surface area contributed by atoms with Gasteiger partial charge in [-0.3, -0.25) is 4.68 Å². The Hall–Kier alpha value is -1.56. The maximum atomic E-state index is 10.9. The van der Waals surface area contributed by atoms with Crippen LogP contribution in [0.25, 0.3) is 0 Å². The third kappa shape index (κ3) is 2.23. The topological polar surface area (TPSA) is 90.4 Å². The minimum atomic E-state index is -1.21. The maximum Gasteiger partial charge on any atom is 0.336 e. The lowest BCUT2D eigenvalue weighted by molar-refractivity contribution is -0.151. The SMILES string of the molecule is COC(=O)C(O)Cn1cc(N)c(C)n1. The lowest BCUT2D eigenvalue weighted by Gasteiger charge is -2.07. The highest BCUT2D eigenvalue weighted by molar-refractivity contribution is 5.74. The maximum absolute atomic E-state index is 10.9. The van der Waals surface area contributed by atoms with Crippen LogP contribution in [0.1, 0.15) is 5.69 Å². The van der Waals surface area contributed by atoms with Gasteiger partial charge < -0.3 is 15.6 Å². The first-order valence-corrected chi connectivity index (χ1v) is 4.10. The minimum Gasteiger partial charge on any atom is -0.467 e. The molecule has 0 saturated heterocycles. The molecule has 1 aromatic rings. The zero-order valence-electron chi connectivity index (χ0n) is 8.10. The second kappa shape index (κ2) is 4.10. The molecule has 0 radical (unpaired) electrons. The second-order valence-electron chi connectivity index (χ2n) is 2.93. The molecule has 0 aliphatic heterocycles. The van der Waals surface area contributed by atoms with E-state index in [0.29, 0.717) is 11.4 Å². The van der Waals surface area contributed by atoms with Gasteiger partial charge >= 0.3 is 5.97 Å². The molecule has 1 unspecified atom stereocenters.